The van der Waals surface area contributed by atoms with E-state index >= 15 is 0 Å². The van der Waals surface area contributed by atoms with Gasteiger partial charge in [-0.2, -0.15) is 0 Å². The minimum Gasteiger partial charge on any atom is -0.442 e. The van der Waals surface area contributed by atoms with Gasteiger partial charge in [0.25, 0.3) is 0 Å². The van der Waals surface area contributed by atoms with Crippen molar-refractivity contribution in [3.8, 4) is 0 Å². The molecule has 0 saturated heterocycles. The van der Waals surface area contributed by atoms with E-state index in [4.69, 9.17) is 4.42 Å². The monoisotopic (exact) mass is 184 g/mol. The Morgan fingerprint density at radius 3 is 2.92 bits per heavy atom. The van der Waals surface area contributed by atoms with Crippen LogP contribution in [0.2, 0.25) is 0 Å². The fraction of sp³-hybridized carbons (Fsp3) is 0.667. The lowest BCUT2D eigenvalue weighted by Crippen LogP contribution is -2.22. The summed E-state index contributed by atoms with van der Waals surface area (Å²) in [6.07, 6.45) is 0.804. The normalized spacial score (nSPS) is 17.2. The van der Waals surface area contributed by atoms with E-state index in [1.807, 2.05) is 0 Å². The van der Waals surface area contributed by atoms with E-state index in [1.165, 1.54) is 13.8 Å². The molecule has 3 nitrogen and oxygen atoms in total. The number of hydrogen-bond donors (Lipinski definition) is 1. The summed E-state index contributed by atoms with van der Waals surface area (Å²) in [7, 11) is 0. The summed E-state index contributed by atoms with van der Waals surface area (Å²) < 4.78 is 18.8. The minimum atomic E-state index is -1.47. The van der Waals surface area contributed by atoms with Crippen LogP contribution in [-0.4, -0.2) is 11.5 Å². The molecule has 72 valence electrons. The number of rotatable bonds is 1. The quantitative estimate of drug-likeness (QED) is 0.719. The van der Waals surface area contributed by atoms with Crippen LogP contribution in [0, 0.1) is 0 Å². The van der Waals surface area contributed by atoms with E-state index in [0.717, 1.165) is 24.4 Å². The fourth-order valence-corrected chi connectivity index (χ4v) is 1.38. The van der Waals surface area contributed by atoms with Crippen LogP contribution in [0.25, 0.3) is 0 Å². The number of aromatic nitrogens is 1. The summed E-state index contributed by atoms with van der Waals surface area (Å²) >= 11 is 0. The molecule has 1 aliphatic heterocycles. The maximum absolute atomic E-state index is 13.4. The zero-order chi connectivity index (χ0) is 9.47. The summed E-state index contributed by atoms with van der Waals surface area (Å²) in [5.74, 6) is 1.03. The molecule has 0 bridgehead atoms. The van der Waals surface area contributed by atoms with E-state index in [9.17, 15) is 4.39 Å². The first-order valence-electron chi connectivity index (χ1n) is 4.46. The smallest absolute Gasteiger partial charge is 0.231 e. The summed E-state index contributed by atoms with van der Waals surface area (Å²) in [5, 5.41) is 3.16. The Balaban J connectivity index is 2.36. The summed E-state index contributed by atoms with van der Waals surface area (Å²) in [6.45, 7) is 4.48. The van der Waals surface area contributed by atoms with Crippen LogP contribution >= 0.6 is 0 Å². The first kappa shape index (κ1) is 8.69. The Morgan fingerprint density at radius 1 is 1.54 bits per heavy atom. The average molecular weight is 184 g/mol. The minimum absolute atomic E-state index is 0.196. The standard InChI is InChI=1S/C9H13FN2O/c1-9(2,10)8-12-6-5-11-4-3-7(6)13-8/h11H,3-5H2,1-2H3. The fourth-order valence-electron chi connectivity index (χ4n) is 1.38. The molecule has 0 aliphatic carbocycles. The third-order valence-corrected chi connectivity index (χ3v) is 2.11. The lowest BCUT2D eigenvalue weighted by Gasteiger charge is -2.08. The van der Waals surface area contributed by atoms with E-state index in [2.05, 4.69) is 10.3 Å². The molecule has 2 heterocycles. The molecule has 0 unspecified atom stereocenters. The number of nitrogens with zero attached hydrogens (tertiary/aromatic N) is 1. The molecule has 0 saturated carbocycles. The zero-order valence-corrected chi connectivity index (χ0v) is 7.85. The van der Waals surface area contributed by atoms with Crippen molar-refractivity contribution < 1.29 is 8.81 Å². The van der Waals surface area contributed by atoms with Crippen molar-refractivity contribution in [2.24, 2.45) is 0 Å². The highest BCUT2D eigenvalue weighted by Crippen LogP contribution is 2.26. The molecule has 1 aliphatic rings. The highest BCUT2D eigenvalue weighted by molar-refractivity contribution is 5.15. The van der Waals surface area contributed by atoms with Gasteiger partial charge < -0.3 is 9.73 Å². The van der Waals surface area contributed by atoms with Gasteiger partial charge in [0.2, 0.25) is 5.89 Å². The van der Waals surface area contributed by atoms with E-state index < -0.39 is 5.67 Å². The van der Waals surface area contributed by atoms with Gasteiger partial charge in [-0.15, -0.1) is 0 Å². The van der Waals surface area contributed by atoms with Crippen LogP contribution < -0.4 is 5.32 Å². The number of fused-ring (bicyclic) bond motifs is 1. The van der Waals surface area contributed by atoms with Crippen LogP contribution in [-0.2, 0) is 18.6 Å². The molecule has 2 rings (SSSR count). The largest absolute Gasteiger partial charge is 0.442 e. The van der Waals surface area contributed by atoms with Crippen LogP contribution in [0.5, 0.6) is 0 Å². The summed E-state index contributed by atoms with van der Waals surface area (Å²) in [4.78, 5) is 4.12. The molecule has 4 heteroatoms. The second-order valence-electron chi connectivity index (χ2n) is 3.79. The Kier molecular flexibility index (Phi) is 1.87. The first-order chi connectivity index (χ1) is 6.07. The highest BCUT2D eigenvalue weighted by Gasteiger charge is 2.28. The van der Waals surface area contributed by atoms with Gasteiger partial charge in [0.1, 0.15) is 5.76 Å². The summed E-state index contributed by atoms with van der Waals surface area (Å²) in [6, 6.07) is 0. The highest BCUT2D eigenvalue weighted by atomic mass is 19.1. The van der Waals surface area contributed by atoms with Gasteiger partial charge >= 0.3 is 0 Å². The molecule has 0 atom stereocenters. The van der Waals surface area contributed by atoms with Crippen LogP contribution in [0.4, 0.5) is 4.39 Å². The van der Waals surface area contributed by atoms with Crippen molar-refractivity contribution in [1.29, 1.82) is 0 Å². The Labute approximate surface area is 76.3 Å². The Bertz CT molecular complexity index is 290. The second kappa shape index (κ2) is 2.80. The van der Waals surface area contributed by atoms with Gasteiger partial charge in [0.05, 0.1) is 5.69 Å². The van der Waals surface area contributed by atoms with Gasteiger partial charge in [-0.3, -0.25) is 0 Å². The van der Waals surface area contributed by atoms with Gasteiger partial charge in [0.15, 0.2) is 5.67 Å². The molecule has 13 heavy (non-hydrogen) atoms. The number of hydrogen-bond acceptors (Lipinski definition) is 3. The molecule has 0 spiro atoms. The van der Waals surface area contributed by atoms with Crippen molar-refractivity contribution >= 4 is 0 Å². The molecule has 0 fully saturated rings. The zero-order valence-electron chi connectivity index (χ0n) is 7.85. The van der Waals surface area contributed by atoms with Crippen LogP contribution in [0.3, 0.4) is 0 Å². The first-order valence-corrected chi connectivity index (χ1v) is 4.46. The topological polar surface area (TPSA) is 38.1 Å². The van der Waals surface area contributed by atoms with Crippen LogP contribution in [0.15, 0.2) is 4.42 Å². The molecule has 1 aromatic rings. The van der Waals surface area contributed by atoms with Crippen molar-refractivity contribution in [2.45, 2.75) is 32.5 Å². The third kappa shape index (κ3) is 1.58. The molecule has 1 aromatic heterocycles. The van der Waals surface area contributed by atoms with Gasteiger partial charge in [-0.1, -0.05) is 0 Å². The van der Waals surface area contributed by atoms with E-state index in [1.54, 1.807) is 0 Å². The van der Waals surface area contributed by atoms with Gasteiger partial charge in [-0.25, -0.2) is 9.37 Å². The van der Waals surface area contributed by atoms with E-state index in [0.29, 0.717) is 6.54 Å². The Morgan fingerprint density at radius 2 is 2.31 bits per heavy atom. The number of nitrogens with one attached hydrogen (secondary N) is 1. The maximum atomic E-state index is 13.4. The van der Waals surface area contributed by atoms with Crippen LogP contribution in [0.1, 0.15) is 31.2 Å². The lowest BCUT2D eigenvalue weighted by molar-refractivity contribution is 0.167. The predicted molar refractivity (Wildman–Crippen MR) is 46.0 cm³/mol. The molecule has 0 aromatic carbocycles. The van der Waals surface area contributed by atoms with E-state index in [-0.39, 0.29) is 5.89 Å². The van der Waals surface area contributed by atoms with Gasteiger partial charge in [0, 0.05) is 19.5 Å². The molecule has 0 amide bonds. The second-order valence-corrected chi connectivity index (χ2v) is 3.79. The predicted octanol–water partition coefficient (Wildman–Crippen LogP) is 1.52. The van der Waals surface area contributed by atoms with Crippen molar-refractivity contribution in [1.82, 2.24) is 10.3 Å². The third-order valence-electron chi connectivity index (χ3n) is 2.11. The SMILES string of the molecule is CC(C)(F)c1nc2c(o1)CCNC2. The van der Waals surface area contributed by atoms with Gasteiger partial charge in [-0.05, 0) is 13.8 Å². The molecule has 1 N–H and O–H groups in total. The molecular weight excluding hydrogens is 171 g/mol. The summed E-state index contributed by atoms with van der Waals surface area (Å²) in [5.41, 5.74) is -0.621. The van der Waals surface area contributed by atoms with Crippen molar-refractivity contribution in [3.05, 3.63) is 17.3 Å². The number of oxazole rings is 1. The number of halogens is 1. The molecular formula is C9H13FN2O. The van der Waals surface area contributed by atoms with Crippen molar-refractivity contribution in [2.75, 3.05) is 6.54 Å². The Hall–Kier alpha value is -0.900. The molecule has 0 radical (unpaired) electrons. The average Bonchev–Trinajstić information content (AvgIpc) is 2.45. The maximum Gasteiger partial charge on any atom is 0.231 e. The van der Waals surface area contributed by atoms with Crippen molar-refractivity contribution in [3.63, 3.8) is 0 Å². The number of alkyl halides is 1. The lowest BCUT2D eigenvalue weighted by atomic mass is 10.2.